The number of hydrogen-bond donors (Lipinski definition) is 0. The maximum atomic E-state index is 14.6. The molecule has 25 heavy (non-hydrogen) atoms. The van der Waals surface area contributed by atoms with Gasteiger partial charge < -0.3 is 9.47 Å². The van der Waals surface area contributed by atoms with Gasteiger partial charge in [-0.1, -0.05) is 32.3 Å². The highest BCUT2D eigenvalue weighted by Crippen LogP contribution is 2.42. The van der Waals surface area contributed by atoms with E-state index in [-0.39, 0.29) is 30.8 Å². The zero-order valence-electron chi connectivity index (χ0n) is 14.8. The average Bonchev–Trinajstić information content (AvgIpc) is 2.55. The largest absolute Gasteiger partial charge is 0.493 e. The highest BCUT2D eigenvalue weighted by Gasteiger charge is 2.40. The lowest BCUT2D eigenvalue weighted by Gasteiger charge is -2.30. The van der Waals surface area contributed by atoms with Crippen molar-refractivity contribution in [3.05, 3.63) is 29.1 Å². The van der Waals surface area contributed by atoms with Crippen LogP contribution in [0.25, 0.3) is 0 Å². The molecule has 2 nitrogen and oxygen atoms in total. The zero-order valence-corrected chi connectivity index (χ0v) is 14.8. The summed E-state index contributed by atoms with van der Waals surface area (Å²) in [5.41, 5.74) is -1.24. The Morgan fingerprint density at radius 3 is 2.48 bits per heavy atom. The lowest BCUT2D eigenvalue weighted by Crippen LogP contribution is -2.26. The Bertz CT molecular complexity index is 549. The fourth-order valence-electron chi connectivity index (χ4n) is 3.33. The summed E-state index contributed by atoms with van der Waals surface area (Å²) in [6.07, 6.45) is 1.06. The molecule has 1 aliphatic heterocycles. The highest BCUT2D eigenvalue weighted by molar-refractivity contribution is 5.42. The number of halogens is 4. The summed E-state index contributed by atoms with van der Waals surface area (Å²) in [6.45, 7) is 4.01. The Morgan fingerprint density at radius 1 is 1.16 bits per heavy atom. The summed E-state index contributed by atoms with van der Waals surface area (Å²) in [7, 11) is 0. The minimum absolute atomic E-state index is 0.0495. The summed E-state index contributed by atoms with van der Waals surface area (Å²) in [4.78, 5) is 0. The van der Waals surface area contributed by atoms with Gasteiger partial charge in [-0.2, -0.15) is 13.2 Å². The van der Waals surface area contributed by atoms with Crippen molar-refractivity contribution in [2.45, 2.75) is 70.6 Å². The molecule has 1 aromatic carbocycles. The van der Waals surface area contributed by atoms with Gasteiger partial charge in [0.2, 0.25) is 0 Å². The van der Waals surface area contributed by atoms with Crippen LogP contribution >= 0.6 is 0 Å². The number of unbranched alkanes of at least 4 members (excludes halogenated alkanes) is 2. The van der Waals surface area contributed by atoms with Crippen LogP contribution in [-0.4, -0.2) is 19.3 Å². The molecule has 1 heterocycles. The van der Waals surface area contributed by atoms with E-state index in [0.29, 0.717) is 6.42 Å². The molecule has 0 saturated carbocycles. The van der Waals surface area contributed by atoms with E-state index in [1.807, 2.05) is 0 Å². The summed E-state index contributed by atoms with van der Waals surface area (Å²) in [5.74, 6) is -2.03. The number of alkyl halides is 3. The summed E-state index contributed by atoms with van der Waals surface area (Å²) < 4.78 is 65.2. The van der Waals surface area contributed by atoms with E-state index in [1.54, 1.807) is 6.92 Å². The van der Waals surface area contributed by atoms with Crippen LogP contribution < -0.4 is 4.74 Å². The van der Waals surface area contributed by atoms with Crippen molar-refractivity contribution in [2.24, 2.45) is 0 Å². The molecule has 142 valence electrons. The van der Waals surface area contributed by atoms with E-state index in [4.69, 9.17) is 9.47 Å². The molecule has 2 atom stereocenters. The minimum Gasteiger partial charge on any atom is -0.493 e. The summed E-state index contributed by atoms with van der Waals surface area (Å²) in [5, 5.41) is 0. The minimum atomic E-state index is -4.79. The van der Waals surface area contributed by atoms with E-state index >= 15 is 0 Å². The zero-order chi connectivity index (χ0) is 18.4. The first kappa shape index (κ1) is 20.0. The molecule has 2 rings (SSSR count). The van der Waals surface area contributed by atoms with Gasteiger partial charge in [-0.15, -0.1) is 0 Å². The van der Waals surface area contributed by atoms with Crippen molar-refractivity contribution in [2.75, 3.05) is 13.2 Å². The Kier molecular flexibility index (Phi) is 7.11. The predicted molar refractivity (Wildman–Crippen MR) is 88.4 cm³/mol. The smallest absolute Gasteiger partial charge is 0.422 e. The molecule has 0 aromatic heterocycles. The monoisotopic (exact) mass is 362 g/mol. The standard InChI is InChI=1S/C19H26F4O2/c1-3-5-6-7-14-9-8-13(12-25-14)15-10-11-16(24-4-2)17(18(15)20)19(21,22)23/h10-11,13-14H,3-9,12H2,1-2H3. The van der Waals surface area contributed by atoms with Crippen molar-refractivity contribution >= 4 is 0 Å². The quantitative estimate of drug-likeness (QED) is 0.432. The lowest BCUT2D eigenvalue weighted by molar-refractivity contribution is -0.141. The molecule has 6 heteroatoms. The first-order valence-corrected chi connectivity index (χ1v) is 9.02. The third kappa shape index (κ3) is 5.09. The second kappa shape index (κ2) is 8.88. The van der Waals surface area contributed by atoms with E-state index < -0.39 is 23.3 Å². The van der Waals surface area contributed by atoms with Crippen molar-refractivity contribution in [3.63, 3.8) is 0 Å². The molecule has 0 bridgehead atoms. The Morgan fingerprint density at radius 2 is 1.92 bits per heavy atom. The number of hydrogen-bond acceptors (Lipinski definition) is 2. The second-order valence-electron chi connectivity index (χ2n) is 6.50. The van der Waals surface area contributed by atoms with Crippen LogP contribution in [0.2, 0.25) is 0 Å². The normalized spacial score (nSPS) is 21.4. The van der Waals surface area contributed by atoms with Crippen molar-refractivity contribution < 1.29 is 27.0 Å². The average molecular weight is 362 g/mol. The van der Waals surface area contributed by atoms with Gasteiger partial charge in [0.05, 0.1) is 19.3 Å². The van der Waals surface area contributed by atoms with Crippen LogP contribution in [0.3, 0.4) is 0 Å². The molecular weight excluding hydrogens is 336 g/mol. The molecule has 0 N–H and O–H groups in total. The van der Waals surface area contributed by atoms with Crippen LogP contribution in [0.15, 0.2) is 12.1 Å². The number of ether oxygens (including phenoxy) is 2. The lowest BCUT2D eigenvalue weighted by atomic mass is 9.88. The molecule has 0 aliphatic carbocycles. The Labute approximate surface area is 146 Å². The molecule has 0 spiro atoms. The van der Waals surface area contributed by atoms with Gasteiger partial charge >= 0.3 is 6.18 Å². The molecule has 1 aliphatic rings. The Hall–Kier alpha value is -1.30. The van der Waals surface area contributed by atoms with Gasteiger partial charge in [0.15, 0.2) is 0 Å². The third-order valence-electron chi connectivity index (χ3n) is 4.66. The van der Waals surface area contributed by atoms with Crippen LogP contribution in [0.4, 0.5) is 17.6 Å². The molecule has 1 aromatic rings. The maximum Gasteiger partial charge on any atom is 0.422 e. The van der Waals surface area contributed by atoms with Crippen LogP contribution in [0.1, 0.15) is 69.4 Å². The van der Waals surface area contributed by atoms with Crippen LogP contribution in [-0.2, 0) is 10.9 Å². The molecule has 1 saturated heterocycles. The Balaban J connectivity index is 2.13. The summed E-state index contributed by atoms with van der Waals surface area (Å²) >= 11 is 0. The van der Waals surface area contributed by atoms with E-state index in [2.05, 4.69) is 6.92 Å². The number of rotatable bonds is 7. The van der Waals surface area contributed by atoms with E-state index in [9.17, 15) is 17.6 Å². The van der Waals surface area contributed by atoms with E-state index in [1.165, 1.54) is 12.1 Å². The molecule has 2 unspecified atom stereocenters. The van der Waals surface area contributed by atoms with Gasteiger partial charge in [0.1, 0.15) is 17.1 Å². The third-order valence-corrected chi connectivity index (χ3v) is 4.66. The second-order valence-corrected chi connectivity index (χ2v) is 6.50. The molecule has 0 radical (unpaired) electrons. The van der Waals surface area contributed by atoms with Crippen molar-refractivity contribution in [1.29, 1.82) is 0 Å². The molecule has 0 amide bonds. The van der Waals surface area contributed by atoms with Gasteiger partial charge in [-0.3, -0.25) is 0 Å². The van der Waals surface area contributed by atoms with Gasteiger partial charge in [-0.05, 0) is 37.8 Å². The van der Waals surface area contributed by atoms with Gasteiger partial charge in [-0.25, -0.2) is 4.39 Å². The topological polar surface area (TPSA) is 18.5 Å². The molecular formula is C19H26F4O2. The van der Waals surface area contributed by atoms with Crippen molar-refractivity contribution in [1.82, 2.24) is 0 Å². The van der Waals surface area contributed by atoms with E-state index in [0.717, 1.165) is 32.1 Å². The number of benzene rings is 1. The first-order chi connectivity index (χ1) is 11.9. The maximum absolute atomic E-state index is 14.6. The van der Waals surface area contributed by atoms with Crippen LogP contribution in [0, 0.1) is 5.82 Å². The fraction of sp³-hybridized carbons (Fsp3) is 0.684. The fourth-order valence-corrected chi connectivity index (χ4v) is 3.33. The highest BCUT2D eigenvalue weighted by atomic mass is 19.4. The molecule has 1 fully saturated rings. The van der Waals surface area contributed by atoms with Crippen molar-refractivity contribution in [3.8, 4) is 5.75 Å². The van der Waals surface area contributed by atoms with Gasteiger partial charge in [0, 0.05) is 5.92 Å². The van der Waals surface area contributed by atoms with Crippen LogP contribution in [0.5, 0.6) is 5.75 Å². The predicted octanol–water partition coefficient (Wildman–Crippen LogP) is 6.09. The van der Waals surface area contributed by atoms with Gasteiger partial charge in [0.25, 0.3) is 0 Å². The SMILES string of the molecule is CCCCCC1CCC(c2ccc(OCC)c(C(F)(F)F)c2F)CO1. The summed E-state index contributed by atoms with van der Waals surface area (Å²) in [6, 6.07) is 2.62. The first-order valence-electron chi connectivity index (χ1n) is 9.02.